The summed E-state index contributed by atoms with van der Waals surface area (Å²) in [5, 5.41) is 9.72. The van der Waals surface area contributed by atoms with E-state index in [0.717, 1.165) is 141 Å². The van der Waals surface area contributed by atoms with Crippen molar-refractivity contribution in [2.75, 3.05) is 47.5 Å². The number of hydrogen-bond donors (Lipinski definition) is 1. The first-order chi connectivity index (χ1) is 39.6. The van der Waals surface area contributed by atoms with Gasteiger partial charge in [0.05, 0.1) is 34.4 Å². The first-order valence-electron chi connectivity index (χ1n) is 30.6. The van der Waals surface area contributed by atoms with Crippen LogP contribution < -0.4 is 0 Å². The van der Waals surface area contributed by atoms with Crippen LogP contribution in [-0.4, -0.2) is 87.4 Å². The number of unbranched alkanes of at least 4 members (excludes halogenated alkanes) is 6. The van der Waals surface area contributed by atoms with Crippen molar-refractivity contribution in [1.29, 1.82) is 0 Å². The molecule has 0 heterocycles. The van der Waals surface area contributed by atoms with Crippen LogP contribution in [0.2, 0.25) is 0 Å². The number of esters is 2. The van der Waals surface area contributed by atoms with Crippen molar-refractivity contribution in [3.8, 4) is 0 Å². The maximum Gasteiger partial charge on any atom is 0.361 e. The molecular formula is C72H110NO8+. The maximum absolute atomic E-state index is 12.9. The van der Waals surface area contributed by atoms with E-state index in [1.165, 1.54) is 0 Å². The Morgan fingerprint density at radius 3 is 0.963 bits per heavy atom. The monoisotopic (exact) mass is 1120 g/mol. The second-order valence-electron chi connectivity index (χ2n) is 20.5. The lowest BCUT2D eigenvalue weighted by Crippen LogP contribution is -2.40. The molecule has 0 rings (SSSR count). The Bertz CT molecular complexity index is 2020. The number of carboxylic acid groups (broad SMARTS) is 1. The summed E-state index contributed by atoms with van der Waals surface area (Å²) in [6, 6.07) is 0. The van der Waals surface area contributed by atoms with Gasteiger partial charge in [0.25, 0.3) is 6.29 Å². The van der Waals surface area contributed by atoms with Crippen LogP contribution in [0.4, 0.5) is 0 Å². The summed E-state index contributed by atoms with van der Waals surface area (Å²) in [5.41, 5.74) is 0. The van der Waals surface area contributed by atoms with Crippen LogP contribution in [0.25, 0.3) is 0 Å². The van der Waals surface area contributed by atoms with Gasteiger partial charge in [-0.2, -0.15) is 0 Å². The summed E-state index contributed by atoms with van der Waals surface area (Å²) < 4.78 is 22.8. The topological polar surface area (TPSA) is 108 Å². The molecule has 2 unspecified atom stereocenters. The molecule has 1 N–H and O–H groups in total. The number of aliphatic carboxylic acids is 1. The molecular weight excluding hydrogens is 1010 g/mol. The Hall–Kier alpha value is -5.87. The van der Waals surface area contributed by atoms with E-state index in [4.69, 9.17) is 18.9 Å². The quantitative estimate of drug-likeness (QED) is 0.0211. The highest BCUT2D eigenvalue weighted by Crippen LogP contribution is 2.11. The van der Waals surface area contributed by atoms with Crippen LogP contribution in [0.3, 0.4) is 0 Å². The maximum atomic E-state index is 12.9. The third kappa shape index (κ3) is 61.6. The van der Waals surface area contributed by atoms with E-state index in [1.807, 2.05) is 21.1 Å². The van der Waals surface area contributed by atoms with E-state index < -0.39 is 30.3 Å². The van der Waals surface area contributed by atoms with Crippen molar-refractivity contribution in [2.24, 2.45) is 0 Å². The summed E-state index contributed by atoms with van der Waals surface area (Å²) in [6.45, 7) is 4.52. The fraction of sp³-hybridized carbons (Fsp3) is 0.514. The van der Waals surface area contributed by atoms with Gasteiger partial charge in [-0.15, -0.1) is 0 Å². The molecule has 9 heteroatoms. The molecule has 450 valence electrons. The summed E-state index contributed by atoms with van der Waals surface area (Å²) in [6.07, 6.45) is 90.8. The molecule has 0 aromatic carbocycles. The van der Waals surface area contributed by atoms with Crippen molar-refractivity contribution >= 4 is 17.9 Å². The number of ether oxygens (including phenoxy) is 4. The third-order valence-corrected chi connectivity index (χ3v) is 11.8. The van der Waals surface area contributed by atoms with Gasteiger partial charge in [-0.3, -0.25) is 9.59 Å². The molecule has 0 spiro atoms. The minimum absolute atomic E-state index is 0.162. The fourth-order valence-electron chi connectivity index (χ4n) is 7.22. The molecule has 0 amide bonds. The predicted molar refractivity (Wildman–Crippen MR) is 345 cm³/mol. The normalized spacial score (nSPS) is 14.1. The molecule has 0 bridgehead atoms. The van der Waals surface area contributed by atoms with Gasteiger partial charge in [0, 0.05) is 12.8 Å². The number of quaternary nitrogens is 1. The lowest BCUT2D eigenvalue weighted by molar-refractivity contribution is -0.870. The number of rotatable bonds is 53. The van der Waals surface area contributed by atoms with Gasteiger partial charge in [-0.1, -0.05) is 221 Å². The van der Waals surface area contributed by atoms with E-state index in [-0.39, 0.29) is 32.7 Å². The Kier molecular flexibility index (Phi) is 55.9. The Morgan fingerprint density at radius 2 is 0.667 bits per heavy atom. The number of nitrogens with zero attached hydrogens (tertiary/aromatic N) is 1. The number of likely N-dealkylation sites (N-methyl/N-ethyl adjacent to an activating group) is 1. The third-order valence-electron chi connectivity index (χ3n) is 11.8. The molecule has 0 fully saturated rings. The van der Waals surface area contributed by atoms with Crippen molar-refractivity contribution in [1.82, 2.24) is 0 Å². The molecule has 0 aliphatic heterocycles. The zero-order valence-corrected chi connectivity index (χ0v) is 51.1. The number of carbonyl (C=O) groups excluding carboxylic acids is 2. The first kappa shape index (κ1) is 75.1. The van der Waals surface area contributed by atoms with Gasteiger partial charge in [-0.05, 0) is 141 Å². The standard InChI is InChI=1S/C72H109NO8/c1-6-8-10-12-14-16-18-20-22-24-26-28-30-32-33-34-35-36-37-39-41-43-45-47-49-51-53-55-57-59-61-63-70(75)81-68(67-80-72(71(76)77)78-65-64-73(3,4)5)66-79-69(74)62-60-58-56-54-52-50-48-46-44-42-40-38-31-29-27-25-23-21-19-17-15-13-11-9-7-2/h8-11,14-17,20-23,26-29,32-33,35-36,38-41,44-47,50-53,68,72H,6-7,12-13,18-19,24-25,30-31,34,37,42-43,48-49,54-67H2,1-5H3/p+1/b10-8-,11-9-,16-14-,17-15-,22-20-,23-21-,28-26-,29-27-,33-32-,36-35-,40-38-,41-39-,46-44-,47-45-,52-50-,53-51-. The molecule has 9 nitrogen and oxygen atoms in total. The highest BCUT2D eigenvalue weighted by Gasteiger charge is 2.25. The van der Waals surface area contributed by atoms with Crippen molar-refractivity contribution in [3.63, 3.8) is 0 Å². The Balaban J connectivity index is 4.44. The molecule has 0 radical (unpaired) electrons. The molecule has 81 heavy (non-hydrogen) atoms. The lowest BCUT2D eigenvalue weighted by Gasteiger charge is -2.25. The van der Waals surface area contributed by atoms with Crippen molar-refractivity contribution in [2.45, 2.75) is 193 Å². The van der Waals surface area contributed by atoms with Gasteiger partial charge in [-0.25, -0.2) is 4.79 Å². The summed E-state index contributed by atoms with van der Waals surface area (Å²) in [5.74, 6) is -2.13. The van der Waals surface area contributed by atoms with Gasteiger partial charge in [0.2, 0.25) is 0 Å². The average molecular weight is 1120 g/mol. The second-order valence-corrected chi connectivity index (χ2v) is 20.5. The minimum Gasteiger partial charge on any atom is -0.477 e. The van der Waals surface area contributed by atoms with Gasteiger partial charge < -0.3 is 28.5 Å². The van der Waals surface area contributed by atoms with Crippen molar-refractivity contribution in [3.05, 3.63) is 194 Å². The van der Waals surface area contributed by atoms with E-state index in [2.05, 4.69) is 208 Å². The van der Waals surface area contributed by atoms with Crippen LogP contribution in [0.1, 0.15) is 181 Å². The number of hydrogen-bond acceptors (Lipinski definition) is 7. The molecule has 0 saturated carbocycles. The highest BCUT2D eigenvalue weighted by molar-refractivity contribution is 5.71. The van der Waals surface area contributed by atoms with E-state index in [1.54, 1.807) is 0 Å². The van der Waals surface area contributed by atoms with Crippen LogP contribution in [0.5, 0.6) is 0 Å². The second kappa shape index (κ2) is 60.2. The SMILES string of the molecule is CC/C=C\C/C=C\C/C=C\C/C=C\C/C=C\C/C=C\C/C=C\C/C=C\C/C=C\CCCCCC(=O)OC(COC(=O)CCCCC/C=C\C/C=C\C/C=C\C/C=C\C/C=C\C/C=C\C/C=C\CC)COC(OCC[N+](C)(C)C)C(=O)O. The predicted octanol–water partition coefficient (Wildman–Crippen LogP) is 18.7. The van der Waals surface area contributed by atoms with Gasteiger partial charge in [0.15, 0.2) is 6.10 Å². The van der Waals surface area contributed by atoms with Crippen LogP contribution in [0, 0.1) is 0 Å². The summed E-state index contributed by atoms with van der Waals surface area (Å²) in [7, 11) is 5.93. The Morgan fingerprint density at radius 1 is 0.370 bits per heavy atom. The fourth-order valence-corrected chi connectivity index (χ4v) is 7.22. The Labute approximate surface area is 493 Å². The molecule has 0 aliphatic rings. The molecule has 2 atom stereocenters. The van der Waals surface area contributed by atoms with Gasteiger partial charge >= 0.3 is 17.9 Å². The van der Waals surface area contributed by atoms with Crippen LogP contribution >= 0.6 is 0 Å². The number of carbonyl (C=O) groups is 3. The van der Waals surface area contributed by atoms with E-state index >= 15 is 0 Å². The lowest BCUT2D eigenvalue weighted by atomic mass is 10.1. The zero-order valence-electron chi connectivity index (χ0n) is 51.1. The summed E-state index contributed by atoms with van der Waals surface area (Å²) in [4.78, 5) is 37.5. The molecule has 0 saturated heterocycles. The minimum atomic E-state index is -1.54. The smallest absolute Gasteiger partial charge is 0.361 e. The van der Waals surface area contributed by atoms with Gasteiger partial charge in [0.1, 0.15) is 13.2 Å². The molecule has 0 aromatic rings. The molecule has 0 aliphatic carbocycles. The van der Waals surface area contributed by atoms with Crippen LogP contribution in [-0.2, 0) is 33.3 Å². The zero-order chi connectivity index (χ0) is 59.1. The number of allylic oxidation sites excluding steroid dienone is 32. The molecule has 0 aromatic heterocycles. The van der Waals surface area contributed by atoms with Crippen LogP contribution in [0.15, 0.2) is 194 Å². The first-order valence-corrected chi connectivity index (χ1v) is 30.6. The van der Waals surface area contributed by atoms with E-state index in [9.17, 15) is 19.5 Å². The summed E-state index contributed by atoms with van der Waals surface area (Å²) >= 11 is 0. The average Bonchev–Trinajstić information content (AvgIpc) is 3.44. The van der Waals surface area contributed by atoms with E-state index in [0.29, 0.717) is 23.9 Å². The number of carboxylic acids is 1. The van der Waals surface area contributed by atoms with Crippen molar-refractivity contribution < 1.29 is 42.9 Å². The highest BCUT2D eigenvalue weighted by atomic mass is 16.7. The largest absolute Gasteiger partial charge is 0.477 e.